The van der Waals surface area contributed by atoms with E-state index >= 15 is 0 Å². The Morgan fingerprint density at radius 1 is 1.50 bits per heavy atom. The van der Waals surface area contributed by atoms with Crippen molar-refractivity contribution in [2.75, 3.05) is 11.5 Å². The molecule has 0 N–H and O–H groups in total. The van der Waals surface area contributed by atoms with Gasteiger partial charge in [-0.05, 0) is 18.8 Å². The van der Waals surface area contributed by atoms with Crippen molar-refractivity contribution in [2.45, 2.75) is 19.8 Å². The topological polar surface area (TPSA) is 51.2 Å². The van der Waals surface area contributed by atoms with Crippen molar-refractivity contribution in [3.63, 3.8) is 0 Å². The maximum atomic E-state index is 11.3. The molecule has 0 heterocycles. The first-order chi connectivity index (χ1) is 5.53. The second kappa shape index (κ2) is 3.56. The van der Waals surface area contributed by atoms with Crippen LogP contribution >= 0.6 is 0 Å². The number of carbonyl (C=O) groups excluding carboxylic acids is 1. The number of carbonyl (C=O) groups is 1. The maximum absolute atomic E-state index is 11.3. The molecule has 0 amide bonds. The van der Waals surface area contributed by atoms with E-state index in [0.29, 0.717) is 12.2 Å². The van der Waals surface area contributed by atoms with Gasteiger partial charge in [-0.1, -0.05) is 6.92 Å². The molecule has 1 saturated carbocycles. The Bertz CT molecular complexity index is 251. The summed E-state index contributed by atoms with van der Waals surface area (Å²) in [5, 5.41) is 0. The number of sulfone groups is 1. The average Bonchev–Trinajstić information content (AvgIpc) is 2.69. The van der Waals surface area contributed by atoms with Gasteiger partial charge in [0.1, 0.15) is 6.29 Å². The van der Waals surface area contributed by atoms with Crippen LogP contribution in [0.15, 0.2) is 0 Å². The molecule has 0 aliphatic heterocycles. The fourth-order valence-corrected chi connectivity index (χ4v) is 3.22. The normalized spacial score (nSPS) is 20.4. The Morgan fingerprint density at radius 3 is 2.50 bits per heavy atom. The molecule has 3 nitrogen and oxygen atoms in total. The Hall–Kier alpha value is -0.380. The minimum Gasteiger partial charge on any atom is -0.303 e. The first kappa shape index (κ1) is 9.71. The molecule has 0 bridgehead atoms. The molecule has 0 aromatic rings. The Balaban J connectivity index is 2.41. The van der Waals surface area contributed by atoms with Gasteiger partial charge in [0.05, 0.1) is 11.5 Å². The van der Waals surface area contributed by atoms with E-state index in [1.807, 2.05) is 0 Å². The molecule has 0 radical (unpaired) electrons. The zero-order chi connectivity index (χ0) is 9.19. The Kier molecular flexibility index (Phi) is 2.88. The van der Waals surface area contributed by atoms with Gasteiger partial charge < -0.3 is 4.79 Å². The molecule has 1 aliphatic rings. The lowest BCUT2D eigenvalue weighted by Crippen LogP contribution is -2.18. The van der Waals surface area contributed by atoms with Crippen LogP contribution in [0.25, 0.3) is 0 Å². The van der Waals surface area contributed by atoms with Gasteiger partial charge in [-0.25, -0.2) is 8.42 Å². The molecule has 70 valence electrons. The van der Waals surface area contributed by atoms with Crippen LogP contribution in [0.2, 0.25) is 0 Å². The van der Waals surface area contributed by atoms with Gasteiger partial charge in [-0.2, -0.15) is 0 Å². The van der Waals surface area contributed by atoms with Crippen LogP contribution in [0.5, 0.6) is 0 Å². The van der Waals surface area contributed by atoms with Crippen LogP contribution in [-0.4, -0.2) is 26.2 Å². The van der Waals surface area contributed by atoms with Crippen LogP contribution < -0.4 is 0 Å². The maximum Gasteiger partial charge on any atom is 0.151 e. The first-order valence-electron chi connectivity index (χ1n) is 4.19. The largest absolute Gasteiger partial charge is 0.303 e. The van der Waals surface area contributed by atoms with Gasteiger partial charge in [-0.15, -0.1) is 0 Å². The predicted octanol–water partition coefficient (Wildman–Crippen LogP) is 0.646. The third-order valence-corrected chi connectivity index (χ3v) is 3.95. The summed E-state index contributed by atoms with van der Waals surface area (Å²) in [5.74, 6) is 0.334. The highest BCUT2D eigenvalue weighted by atomic mass is 32.2. The monoisotopic (exact) mass is 190 g/mol. The second-order valence-corrected chi connectivity index (χ2v) is 5.79. The van der Waals surface area contributed by atoms with E-state index in [9.17, 15) is 13.2 Å². The van der Waals surface area contributed by atoms with Gasteiger partial charge in [-0.3, -0.25) is 0 Å². The highest BCUT2D eigenvalue weighted by molar-refractivity contribution is 7.91. The van der Waals surface area contributed by atoms with E-state index in [2.05, 4.69) is 0 Å². The molecule has 1 fully saturated rings. The molecule has 0 aromatic heterocycles. The van der Waals surface area contributed by atoms with E-state index < -0.39 is 9.84 Å². The standard InChI is InChI=1S/C8H14O3S/c1-7(4-9)5-12(10,11)6-8-2-3-8/h4,7-8H,2-3,5-6H2,1H3/t7-/m1/s1. The molecule has 12 heavy (non-hydrogen) atoms. The van der Waals surface area contributed by atoms with Crippen LogP contribution in [0.4, 0.5) is 0 Å². The van der Waals surface area contributed by atoms with E-state index in [1.165, 1.54) is 0 Å². The number of rotatable bonds is 5. The summed E-state index contributed by atoms with van der Waals surface area (Å²) in [4.78, 5) is 10.2. The van der Waals surface area contributed by atoms with Crippen molar-refractivity contribution in [1.82, 2.24) is 0 Å². The van der Waals surface area contributed by atoms with Crippen LogP contribution in [0.1, 0.15) is 19.8 Å². The number of hydrogen-bond acceptors (Lipinski definition) is 3. The van der Waals surface area contributed by atoms with Gasteiger partial charge in [0.2, 0.25) is 0 Å². The van der Waals surface area contributed by atoms with Gasteiger partial charge in [0, 0.05) is 5.92 Å². The van der Waals surface area contributed by atoms with Crippen LogP contribution in [-0.2, 0) is 14.6 Å². The summed E-state index contributed by atoms with van der Waals surface area (Å²) >= 11 is 0. The Morgan fingerprint density at radius 2 is 2.08 bits per heavy atom. The van der Waals surface area contributed by atoms with Crippen molar-refractivity contribution in [1.29, 1.82) is 0 Å². The van der Waals surface area contributed by atoms with Crippen molar-refractivity contribution in [3.8, 4) is 0 Å². The lowest BCUT2D eigenvalue weighted by atomic mass is 10.3. The van der Waals surface area contributed by atoms with Crippen molar-refractivity contribution >= 4 is 16.1 Å². The fraction of sp³-hybridized carbons (Fsp3) is 0.875. The van der Waals surface area contributed by atoms with E-state index in [4.69, 9.17) is 0 Å². The summed E-state index contributed by atoms with van der Waals surface area (Å²) < 4.78 is 22.6. The fourth-order valence-electron chi connectivity index (χ4n) is 1.15. The molecule has 4 heteroatoms. The highest BCUT2D eigenvalue weighted by Crippen LogP contribution is 2.30. The van der Waals surface area contributed by atoms with Crippen LogP contribution in [0.3, 0.4) is 0 Å². The van der Waals surface area contributed by atoms with Gasteiger partial charge in [0.25, 0.3) is 0 Å². The summed E-state index contributed by atoms with van der Waals surface area (Å²) in [6, 6.07) is 0. The number of aldehydes is 1. The van der Waals surface area contributed by atoms with Gasteiger partial charge >= 0.3 is 0 Å². The van der Waals surface area contributed by atoms with Crippen molar-refractivity contribution in [3.05, 3.63) is 0 Å². The minimum atomic E-state index is -2.96. The van der Waals surface area contributed by atoms with Crippen molar-refractivity contribution in [2.24, 2.45) is 11.8 Å². The van der Waals surface area contributed by atoms with E-state index in [-0.39, 0.29) is 17.4 Å². The predicted molar refractivity (Wildman–Crippen MR) is 46.6 cm³/mol. The summed E-state index contributed by atoms with van der Waals surface area (Å²) in [6.07, 6.45) is 2.77. The summed E-state index contributed by atoms with van der Waals surface area (Å²) in [7, 11) is -2.96. The highest BCUT2D eigenvalue weighted by Gasteiger charge is 2.28. The lowest BCUT2D eigenvalue weighted by Gasteiger charge is -2.04. The molecular weight excluding hydrogens is 176 g/mol. The third-order valence-electron chi connectivity index (χ3n) is 1.94. The van der Waals surface area contributed by atoms with E-state index in [1.54, 1.807) is 6.92 Å². The van der Waals surface area contributed by atoms with E-state index in [0.717, 1.165) is 12.8 Å². The third kappa shape index (κ3) is 3.34. The molecule has 0 spiro atoms. The smallest absolute Gasteiger partial charge is 0.151 e. The molecule has 1 aliphatic carbocycles. The number of hydrogen-bond donors (Lipinski definition) is 0. The molecule has 0 saturated heterocycles. The summed E-state index contributed by atoms with van der Waals surface area (Å²) in [6.45, 7) is 1.64. The zero-order valence-electron chi connectivity index (χ0n) is 7.19. The first-order valence-corrected chi connectivity index (χ1v) is 6.01. The Labute approximate surface area is 73.1 Å². The molecule has 1 rings (SSSR count). The quantitative estimate of drug-likeness (QED) is 0.598. The second-order valence-electron chi connectivity index (χ2n) is 3.63. The molecular formula is C8H14O3S. The zero-order valence-corrected chi connectivity index (χ0v) is 8.01. The summed E-state index contributed by atoms with van der Waals surface area (Å²) in [5.41, 5.74) is 0. The molecule has 1 atom stereocenters. The molecule has 0 aromatic carbocycles. The molecule has 0 unspecified atom stereocenters. The minimum absolute atomic E-state index is 0.0208. The van der Waals surface area contributed by atoms with Crippen LogP contribution in [0, 0.1) is 11.8 Å². The SMILES string of the molecule is C[C@H](C=O)CS(=O)(=O)CC1CC1. The van der Waals surface area contributed by atoms with Gasteiger partial charge in [0.15, 0.2) is 9.84 Å². The van der Waals surface area contributed by atoms with Crippen molar-refractivity contribution < 1.29 is 13.2 Å². The average molecular weight is 190 g/mol. The lowest BCUT2D eigenvalue weighted by molar-refractivity contribution is -0.110.